The third-order valence-electron chi connectivity index (χ3n) is 2.32. The van der Waals surface area contributed by atoms with Gasteiger partial charge in [-0.25, -0.2) is 8.42 Å². The highest BCUT2D eigenvalue weighted by Gasteiger charge is 2.14. The zero-order valence-corrected chi connectivity index (χ0v) is 12.0. The third-order valence-corrected chi connectivity index (χ3v) is 5.53. The molecular formula is C10H16N2O4S2. The van der Waals surface area contributed by atoms with Crippen molar-refractivity contribution >= 4 is 25.7 Å². The van der Waals surface area contributed by atoms with E-state index in [9.17, 15) is 16.8 Å². The summed E-state index contributed by atoms with van der Waals surface area (Å²) >= 11 is 0. The lowest BCUT2D eigenvalue weighted by Gasteiger charge is -2.13. The molecule has 0 saturated carbocycles. The number of hydrogen-bond acceptors (Lipinski definition) is 4. The highest BCUT2D eigenvalue weighted by molar-refractivity contribution is 7.91. The average molecular weight is 292 g/mol. The number of nitrogens with one attached hydrogen (secondary N) is 1. The summed E-state index contributed by atoms with van der Waals surface area (Å²) in [6.45, 7) is 1.55. The fourth-order valence-corrected chi connectivity index (χ4v) is 2.64. The Morgan fingerprint density at radius 1 is 1.06 bits per heavy atom. The Balaban J connectivity index is 2.99. The Labute approximate surface area is 108 Å². The topological polar surface area (TPSA) is 83.5 Å². The monoisotopic (exact) mass is 292 g/mol. The van der Waals surface area contributed by atoms with Gasteiger partial charge in [-0.15, -0.1) is 0 Å². The fourth-order valence-electron chi connectivity index (χ4n) is 1.14. The minimum Gasteiger partial charge on any atom is -0.271 e. The first-order valence-corrected chi connectivity index (χ1v) is 8.31. The zero-order chi connectivity index (χ0) is 14.0. The second-order valence-electron chi connectivity index (χ2n) is 3.82. The van der Waals surface area contributed by atoms with Crippen LogP contribution in [0.5, 0.6) is 0 Å². The first-order valence-electron chi connectivity index (χ1n) is 5.22. The Hall–Kier alpha value is -1.12. The normalized spacial score (nSPS) is 12.7. The van der Waals surface area contributed by atoms with Crippen LogP contribution in [0.4, 0.5) is 5.69 Å². The largest absolute Gasteiger partial charge is 0.301 e. The lowest BCUT2D eigenvalue weighted by atomic mass is 10.3. The summed E-state index contributed by atoms with van der Waals surface area (Å²) < 4.78 is 49.5. The van der Waals surface area contributed by atoms with Gasteiger partial charge in [-0.3, -0.25) is 4.72 Å². The molecule has 1 rings (SSSR count). The number of anilines is 1. The molecule has 0 amide bonds. The van der Waals surface area contributed by atoms with E-state index in [0.29, 0.717) is 5.69 Å². The lowest BCUT2D eigenvalue weighted by Crippen LogP contribution is -2.28. The zero-order valence-electron chi connectivity index (χ0n) is 10.4. The van der Waals surface area contributed by atoms with E-state index in [4.69, 9.17) is 0 Å². The molecule has 0 saturated heterocycles. The van der Waals surface area contributed by atoms with E-state index in [2.05, 4.69) is 4.72 Å². The van der Waals surface area contributed by atoms with Crippen molar-refractivity contribution in [2.24, 2.45) is 0 Å². The maximum Gasteiger partial charge on any atom is 0.301 e. The average Bonchev–Trinajstić information content (AvgIpc) is 2.29. The van der Waals surface area contributed by atoms with Gasteiger partial charge in [0.15, 0.2) is 9.84 Å². The molecule has 1 aromatic rings. The molecule has 0 aliphatic rings. The minimum absolute atomic E-state index is 0.00969. The molecule has 0 radical (unpaired) electrons. The van der Waals surface area contributed by atoms with Crippen LogP contribution in [0.25, 0.3) is 0 Å². The van der Waals surface area contributed by atoms with Crippen molar-refractivity contribution in [3.05, 3.63) is 24.3 Å². The Kier molecular flexibility index (Phi) is 4.36. The first-order chi connectivity index (χ1) is 8.19. The van der Waals surface area contributed by atoms with Crippen LogP contribution in [0.2, 0.25) is 0 Å². The van der Waals surface area contributed by atoms with Gasteiger partial charge in [0.1, 0.15) is 0 Å². The summed E-state index contributed by atoms with van der Waals surface area (Å²) in [4.78, 5) is 0.179. The van der Waals surface area contributed by atoms with Crippen molar-refractivity contribution in [1.82, 2.24) is 4.31 Å². The van der Waals surface area contributed by atoms with Gasteiger partial charge in [0.25, 0.3) is 0 Å². The van der Waals surface area contributed by atoms with Crippen LogP contribution < -0.4 is 4.72 Å². The number of benzene rings is 1. The van der Waals surface area contributed by atoms with Gasteiger partial charge in [0.2, 0.25) is 0 Å². The predicted octanol–water partition coefficient (Wildman–Crippen LogP) is 0.698. The minimum atomic E-state index is -3.57. The molecule has 18 heavy (non-hydrogen) atoms. The van der Waals surface area contributed by atoms with Crippen molar-refractivity contribution < 1.29 is 16.8 Å². The van der Waals surface area contributed by atoms with Crippen LogP contribution in [-0.4, -0.2) is 41.0 Å². The lowest BCUT2D eigenvalue weighted by molar-refractivity contribution is 0.527. The quantitative estimate of drug-likeness (QED) is 0.866. The van der Waals surface area contributed by atoms with Crippen molar-refractivity contribution in [3.8, 4) is 0 Å². The predicted molar refractivity (Wildman–Crippen MR) is 70.4 cm³/mol. The van der Waals surface area contributed by atoms with E-state index in [0.717, 1.165) is 4.31 Å². The van der Waals surface area contributed by atoms with E-state index in [1.807, 2.05) is 0 Å². The third kappa shape index (κ3) is 3.44. The second-order valence-corrected chi connectivity index (χ2v) is 7.98. The Morgan fingerprint density at radius 3 is 1.94 bits per heavy atom. The molecule has 0 fully saturated rings. The maximum absolute atomic E-state index is 11.6. The van der Waals surface area contributed by atoms with Crippen molar-refractivity contribution in [3.63, 3.8) is 0 Å². The van der Waals surface area contributed by atoms with Crippen molar-refractivity contribution in [1.29, 1.82) is 0 Å². The van der Waals surface area contributed by atoms with Crippen LogP contribution in [0.1, 0.15) is 6.92 Å². The van der Waals surface area contributed by atoms with Crippen LogP contribution in [0.15, 0.2) is 29.2 Å². The number of nitrogens with zero attached hydrogens (tertiary/aromatic N) is 1. The molecule has 0 unspecified atom stereocenters. The number of sulfone groups is 1. The summed E-state index contributed by atoms with van der Waals surface area (Å²) in [5.41, 5.74) is 0.318. The summed E-state index contributed by atoms with van der Waals surface area (Å²) in [5.74, 6) is 0.00969. The van der Waals surface area contributed by atoms with Crippen LogP contribution in [0.3, 0.4) is 0 Å². The molecule has 0 aromatic heterocycles. The van der Waals surface area contributed by atoms with Crippen LogP contribution in [0, 0.1) is 0 Å². The molecule has 0 aliphatic heterocycles. The molecule has 0 heterocycles. The van der Waals surface area contributed by atoms with E-state index in [1.54, 1.807) is 6.92 Å². The number of rotatable bonds is 5. The maximum atomic E-state index is 11.6. The van der Waals surface area contributed by atoms with Crippen molar-refractivity contribution in [2.45, 2.75) is 11.8 Å². The first kappa shape index (κ1) is 14.9. The van der Waals surface area contributed by atoms with Gasteiger partial charge in [-0.05, 0) is 24.3 Å². The summed E-state index contributed by atoms with van der Waals surface area (Å²) in [5, 5.41) is 0. The molecule has 0 bridgehead atoms. The van der Waals surface area contributed by atoms with Crippen molar-refractivity contribution in [2.75, 3.05) is 24.6 Å². The molecule has 0 atom stereocenters. The molecular weight excluding hydrogens is 276 g/mol. The molecule has 6 nitrogen and oxygen atoms in total. The van der Waals surface area contributed by atoms with Gasteiger partial charge < -0.3 is 0 Å². The van der Waals surface area contributed by atoms with Gasteiger partial charge >= 0.3 is 10.2 Å². The summed E-state index contributed by atoms with van der Waals surface area (Å²) in [6.07, 6.45) is 0. The molecule has 8 heteroatoms. The smallest absolute Gasteiger partial charge is 0.271 e. The van der Waals surface area contributed by atoms with Crippen LogP contribution >= 0.6 is 0 Å². The van der Waals surface area contributed by atoms with Gasteiger partial charge in [0.05, 0.1) is 10.6 Å². The van der Waals surface area contributed by atoms with E-state index in [1.165, 1.54) is 38.4 Å². The van der Waals surface area contributed by atoms with Crippen LogP contribution in [-0.2, 0) is 20.0 Å². The molecule has 0 spiro atoms. The summed E-state index contributed by atoms with van der Waals surface area (Å²) in [7, 11) is -4.03. The molecule has 1 N–H and O–H groups in total. The highest BCUT2D eigenvalue weighted by Crippen LogP contribution is 2.16. The Morgan fingerprint density at radius 2 is 1.56 bits per heavy atom. The SMILES string of the molecule is CCS(=O)(=O)c1ccc(NS(=O)(=O)N(C)C)cc1. The van der Waals surface area contributed by atoms with Gasteiger partial charge in [-0.2, -0.15) is 12.7 Å². The standard InChI is InChI=1S/C10H16N2O4S2/c1-4-17(13,14)10-7-5-9(6-8-10)11-18(15,16)12(2)3/h5-8,11H,4H2,1-3H3. The van der Waals surface area contributed by atoms with Gasteiger partial charge in [0, 0.05) is 19.8 Å². The second kappa shape index (κ2) is 5.25. The molecule has 0 aliphatic carbocycles. The molecule has 1 aromatic carbocycles. The molecule has 102 valence electrons. The number of hydrogen-bond donors (Lipinski definition) is 1. The highest BCUT2D eigenvalue weighted by atomic mass is 32.2. The van der Waals surface area contributed by atoms with E-state index in [-0.39, 0.29) is 10.6 Å². The van der Waals surface area contributed by atoms with Gasteiger partial charge in [-0.1, -0.05) is 6.92 Å². The summed E-state index contributed by atoms with van der Waals surface area (Å²) in [6, 6.07) is 5.60. The van der Waals surface area contributed by atoms with E-state index < -0.39 is 20.0 Å². The van der Waals surface area contributed by atoms with E-state index >= 15 is 0 Å². The Bertz CT molecular complexity index is 604. The fraction of sp³-hybridized carbons (Fsp3) is 0.400.